The van der Waals surface area contributed by atoms with Crippen molar-refractivity contribution in [3.63, 3.8) is 0 Å². The first kappa shape index (κ1) is 12.4. The summed E-state index contributed by atoms with van der Waals surface area (Å²) in [6.45, 7) is 1.72. The third-order valence-electron chi connectivity index (χ3n) is 2.88. The van der Waals surface area contributed by atoms with Crippen LogP contribution in [0.4, 0.5) is 0 Å². The molecule has 0 saturated heterocycles. The maximum absolute atomic E-state index is 11.9. The summed E-state index contributed by atoms with van der Waals surface area (Å²) in [4.78, 5) is 16.2. The minimum atomic E-state index is -0.560. The molecule has 2 aromatic heterocycles. The number of aryl methyl sites for hydroxylation is 1. The number of rotatable bonds is 3. The smallest absolute Gasteiger partial charge is 0.342 e. The highest BCUT2D eigenvalue weighted by Crippen LogP contribution is 2.22. The fraction of sp³-hybridized carbons (Fsp3) is 0.214. The van der Waals surface area contributed by atoms with Crippen molar-refractivity contribution >= 4 is 17.1 Å². The normalized spacial score (nSPS) is 12.5. The van der Waals surface area contributed by atoms with Gasteiger partial charge in [-0.1, -0.05) is 12.1 Å². The number of nitrogens with zero attached hydrogens (tertiary/aromatic N) is 3. The predicted molar refractivity (Wildman–Crippen MR) is 71.0 cm³/mol. The molecule has 1 aromatic carbocycles. The van der Waals surface area contributed by atoms with Crippen molar-refractivity contribution in [2.24, 2.45) is 7.05 Å². The lowest BCUT2D eigenvalue weighted by Crippen LogP contribution is -2.08. The van der Waals surface area contributed by atoms with Gasteiger partial charge >= 0.3 is 5.97 Å². The van der Waals surface area contributed by atoms with Crippen LogP contribution in [0.25, 0.3) is 11.1 Å². The fourth-order valence-electron chi connectivity index (χ4n) is 1.87. The Morgan fingerprint density at radius 2 is 2.20 bits per heavy atom. The van der Waals surface area contributed by atoms with Crippen LogP contribution in [0.5, 0.6) is 0 Å². The van der Waals surface area contributed by atoms with Crippen LogP contribution in [0.1, 0.15) is 29.3 Å². The van der Waals surface area contributed by atoms with Crippen LogP contribution < -0.4 is 0 Å². The number of ether oxygens (including phenoxy) is 1. The number of hydrogen-bond acceptors (Lipinski definition) is 5. The number of oxazole rings is 1. The zero-order valence-electron chi connectivity index (χ0n) is 11.1. The molecule has 0 radical (unpaired) electrons. The van der Waals surface area contributed by atoms with Crippen molar-refractivity contribution in [3.05, 3.63) is 48.1 Å². The average Bonchev–Trinajstić information content (AvgIpc) is 3.04. The van der Waals surface area contributed by atoms with Crippen molar-refractivity contribution in [1.29, 1.82) is 0 Å². The highest BCUT2D eigenvalue weighted by Gasteiger charge is 2.19. The first-order valence-electron chi connectivity index (χ1n) is 6.18. The second-order valence-corrected chi connectivity index (χ2v) is 4.47. The van der Waals surface area contributed by atoms with Crippen molar-refractivity contribution in [2.75, 3.05) is 0 Å². The number of hydrogen-bond donors (Lipinski definition) is 0. The van der Waals surface area contributed by atoms with Gasteiger partial charge < -0.3 is 9.15 Å². The molecule has 0 fully saturated rings. The summed E-state index contributed by atoms with van der Waals surface area (Å²) < 4.78 is 12.4. The monoisotopic (exact) mass is 271 g/mol. The Morgan fingerprint density at radius 1 is 1.40 bits per heavy atom. The standard InChI is InChI=1S/C14H13N3O3/c1-9(19-14(18)10-7-15-17(2)8-10)13-16-11-5-3-4-6-12(11)20-13/h3-9H,1-2H3. The van der Waals surface area contributed by atoms with Gasteiger partial charge in [0.1, 0.15) is 5.52 Å². The Balaban J connectivity index is 1.78. The number of esters is 1. The van der Waals surface area contributed by atoms with E-state index in [1.54, 1.807) is 24.9 Å². The van der Waals surface area contributed by atoms with Crippen LogP contribution in [0, 0.1) is 0 Å². The van der Waals surface area contributed by atoms with Crippen LogP contribution in [0.2, 0.25) is 0 Å². The summed E-state index contributed by atoms with van der Waals surface area (Å²) >= 11 is 0. The van der Waals surface area contributed by atoms with E-state index in [9.17, 15) is 4.79 Å². The van der Waals surface area contributed by atoms with Crippen molar-refractivity contribution in [1.82, 2.24) is 14.8 Å². The summed E-state index contributed by atoms with van der Waals surface area (Å²) in [7, 11) is 1.74. The summed E-state index contributed by atoms with van der Waals surface area (Å²) in [6, 6.07) is 7.41. The minimum absolute atomic E-state index is 0.378. The molecule has 0 bridgehead atoms. The van der Waals surface area contributed by atoms with E-state index < -0.39 is 12.1 Å². The molecule has 0 aliphatic carbocycles. The van der Waals surface area contributed by atoms with Crippen molar-refractivity contribution < 1.29 is 13.9 Å². The second kappa shape index (κ2) is 4.80. The Hall–Kier alpha value is -2.63. The van der Waals surface area contributed by atoms with E-state index >= 15 is 0 Å². The lowest BCUT2D eigenvalue weighted by molar-refractivity contribution is 0.0282. The molecule has 1 unspecified atom stereocenters. The molecule has 20 heavy (non-hydrogen) atoms. The van der Waals surface area contributed by atoms with Gasteiger partial charge in [-0.2, -0.15) is 5.10 Å². The van der Waals surface area contributed by atoms with E-state index in [1.807, 2.05) is 24.3 Å². The topological polar surface area (TPSA) is 70.2 Å². The number of benzene rings is 1. The molecule has 2 heterocycles. The molecule has 6 nitrogen and oxygen atoms in total. The number of para-hydroxylation sites is 2. The van der Waals surface area contributed by atoms with E-state index in [4.69, 9.17) is 9.15 Å². The second-order valence-electron chi connectivity index (χ2n) is 4.47. The number of aromatic nitrogens is 3. The molecule has 0 N–H and O–H groups in total. The minimum Gasteiger partial charge on any atom is -0.449 e. The highest BCUT2D eigenvalue weighted by molar-refractivity contribution is 5.88. The van der Waals surface area contributed by atoms with Gasteiger partial charge in [0.15, 0.2) is 11.7 Å². The SMILES string of the molecule is CC(OC(=O)c1cnn(C)c1)c1nc2ccccc2o1. The van der Waals surface area contributed by atoms with E-state index in [0.29, 0.717) is 17.0 Å². The summed E-state index contributed by atoms with van der Waals surface area (Å²) in [6.07, 6.45) is 2.50. The zero-order valence-corrected chi connectivity index (χ0v) is 11.1. The Bertz CT molecular complexity index is 727. The van der Waals surface area contributed by atoms with Crippen LogP contribution in [0.3, 0.4) is 0 Å². The molecule has 3 rings (SSSR count). The Kier molecular flexibility index (Phi) is 2.98. The van der Waals surface area contributed by atoms with E-state index in [2.05, 4.69) is 10.1 Å². The molecule has 102 valence electrons. The third-order valence-corrected chi connectivity index (χ3v) is 2.88. The molecular weight excluding hydrogens is 258 g/mol. The van der Waals surface area contributed by atoms with Gasteiger partial charge in [0.2, 0.25) is 5.89 Å². The number of carbonyl (C=O) groups excluding carboxylic acids is 1. The molecule has 0 amide bonds. The maximum atomic E-state index is 11.9. The first-order valence-corrected chi connectivity index (χ1v) is 6.18. The van der Waals surface area contributed by atoms with Gasteiger partial charge in [0, 0.05) is 13.2 Å². The van der Waals surface area contributed by atoms with Gasteiger partial charge in [0.25, 0.3) is 0 Å². The third kappa shape index (κ3) is 2.27. The molecule has 0 spiro atoms. The van der Waals surface area contributed by atoms with Gasteiger partial charge in [0.05, 0.1) is 11.8 Å². The molecule has 0 aliphatic heterocycles. The fourth-order valence-corrected chi connectivity index (χ4v) is 1.87. The molecular formula is C14H13N3O3. The van der Waals surface area contributed by atoms with Gasteiger partial charge in [-0.25, -0.2) is 9.78 Å². The number of fused-ring (bicyclic) bond motifs is 1. The average molecular weight is 271 g/mol. The number of carbonyl (C=O) groups is 1. The Morgan fingerprint density at radius 3 is 2.90 bits per heavy atom. The van der Waals surface area contributed by atoms with Crippen LogP contribution >= 0.6 is 0 Å². The first-order chi connectivity index (χ1) is 9.63. The summed E-state index contributed by atoms with van der Waals surface area (Å²) in [5.74, 6) is -0.0729. The van der Waals surface area contributed by atoms with E-state index in [1.165, 1.54) is 6.20 Å². The molecule has 1 atom stereocenters. The van der Waals surface area contributed by atoms with Crippen LogP contribution in [-0.4, -0.2) is 20.7 Å². The molecule has 0 saturated carbocycles. The van der Waals surface area contributed by atoms with E-state index in [-0.39, 0.29) is 0 Å². The Labute approximate surface area is 115 Å². The summed E-state index contributed by atoms with van der Waals surface area (Å²) in [5, 5.41) is 3.93. The lowest BCUT2D eigenvalue weighted by Gasteiger charge is -2.08. The van der Waals surface area contributed by atoms with Gasteiger partial charge in [-0.15, -0.1) is 0 Å². The van der Waals surface area contributed by atoms with E-state index in [0.717, 1.165) is 5.52 Å². The van der Waals surface area contributed by atoms with Crippen LogP contribution in [-0.2, 0) is 11.8 Å². The van der Waals surface area contributed by atoms with Crippen LogP contribution in [0.15, 0.2) is 41.1 Å². The van der Waals surface area contributed by atoms with Gasteiger partial charge in [-0.3, -0.25) is 4.68 Å². The zero-order chi connectivity index (χ0) is 14.1. The van der Waals surface area contributed by atoms with Gasteiger partial charge in [-0.05, 0) is 19.1 Å². The largest absolute Gasteiger partial charge is 0.449 e. The highest BCUT2D eigenvalue weighted by atomic mass is 16.6. The molecule has 6 heteroatoms. The quantitative estimate of drug-likeness (QED) is 0.684. The maximum Gasteiger partial charge on any atom is 0.342 e. The molecule has 3 aromatic rings. The summed E-state index contributed by atoms with van der Waals surface area (Å²) in [5.41, 5.74) is 1.81. The van der Waals surface area contributed by atoms with Crippen molar-refractivity contribution in [2.45, 2.75) is 13.0 Å². The molecule has 0 aliphatic rings. The van der Waals surface area contributed by atoms with Crippen molar-refractivity contribution in [3.8, 4) is 0 Å². The lowest BCUT2D eigenvalue weighted by atomic mass is 10.3. The predicted octanol–water partition coefficient (Wildman–Crippen LogP) is 2.48.